The minimum absolute atomic E-state index is 0.114. The van der Waals surface area contributed by atoms with Crippen LogP contribution in [0.2, 0.25) is 5.02 Å². The van der Waals surface area contributed by atoms with Gasteiger partial charge in [0.1, 0.15) is 10.8 Å². The summed E-state index contributed by atoms with van der Waals surface area (Å²) in [7, 11) is 3.26. The molecule has 0 spiro atoms. The average Bonchev–Trinajstić information content (AvgIpc) is 2.42. The Morgan fingerprint density at radius 1 is 1.33 bits per heavy atom. The number of methoxy groups -OCH3 is 1. The maximum Gasteiger partial charge on any atom is 0.292 e. The van der Waals surface area contributed by atoms with E-state index in [9.17, 15) is 4.79 Å². The van der Waals surface area contributed by atoms with Crippen molar-refractivity contribution < 1.29 is 4.74 Å². The Labute approximate surface area is 109 Å². The topological polar surface area (TPSA) is 56.1 Å². The maximum atomic E-state index is 12.0. The lowest BCUT2D eigenvalue weighted by atomic mass is 10.3. The van der Waals surface area contributed by atoms with Crippen LogP contribution in [0, 0.1) is 0 Å². The quantitative estimate of drug-likeness (QED) is 0.921. The second-order valence-electron chi connectivity index (χ2n) is 3.54. The lowest BCUT2D eigenvalue weighted by molar-refractivity contribution is 0.414. The molecule has 5 nitrogen and oxygen atoms in total. The number of ether oxygens (including phenoxy) is 1. The number of halogens is 1. The molecule has 6 heteroatoms. The summed E-state index contributed by atoms with van der Waals surface area (Å²) in [5.41, 5.74) is 0.769. The summed E-state index contributed by atoms with van der Waals surface area (Å²) < 4.78 is 6.29. The Hall–Kier alpha value is -2.01. The third-order valence-electron chi connectivity index (χ3n) is 2.51. The Balaban J connectivity index is 2.51. The van der Waals surface area contributed by atoms with E-state index in [-0.39, 0.29) is 10.6 Å². The predicted octanol–water partition coefficient (Wildman–Crippen LogP) is 1.94. The number of benzene rings is 1. The zero-order chi connectivity index (χ0) is 13.1. The Bertz CT molecular complexity index is 608. The van der Waals surface area contributed by atoms with E-state index < -0.39 is 0 Å². The van der Waals surface area contributed by atoms with Gasteiger partial charge in [0.15, 0.2) is 0 Å². The third kappa shape index (κ3) is 2.17. The number of nitrogens with one attached hydrogen (secondary N) is 1. The first-order valence-corrected chi connectivity index (χ1v) is 5.65. The molecule has 0 aliphatic carbocycles. The molecule has 0 aliphatic rings. The second kappa shape index (κ2) is 5.10. The standard InChI is InChI=1S/C12H12ClN3O2/c1-14-10-7-15-16(12(17)11(10)13)8-3-5-9(18-2)6-4-8/h3-7,14H,1-2H3. The zero-order valence-corrected chi connectivity index (χ0v) is 10.7. The molecular weight excluding hydrogens is 254 g/mol. The van der Waals surface area contributed by atoms with Crippen LogP contribution in [-0.2, 0) is 0 Å². The highest BCUT2D eigenvalue weighted by atomic mass is 35.5. The number of nitrogens with zero attached hydrogens (tertiary/aromatic N) is 2. The first kappa shape index (κ1) is 12.4. The normalized spacial score (nSPS) is 10.2. The van der Waals surface area contributed by atoms with Gasteiger partial charge in [0.05, 0.1) is 24.7 Å². The monoisotopic (exact) mass is 265 g/mol. The molecule has 0 radical (unpaired) electrons. The van der Waals surface area contributed by atoms with Crippen molar-refractivity contribution in [3.63, 3.8) is 0 Å². The molecule has 0 unspecified atom stereocenters. The van der Waals surface area contributed by atoms with Gasteiger partial charge in [-0.25, -0.2) is 0 Å². The largest absolute Gasteiger partial charge is 0.497 e. The molecular formula is C12H12ClN3O2. The van der Waals surface area contributed by atoms with Crippen LogP contribution in [0.15, 0.2) is 35.3 Å². The molecule has 94 valence electrons. The number of anilines is 1. The van der Waals surface area contributed by atoms with Gasteiger partial charge in [-0.2, -0.15) is 9.78 Å². The van der Waals surface area contributed by atoms with Crippen molar-refractivity contribution >= 4 is 17.3 Å². The minimum Gasteiger partial charge on any atom is -0.497 e. The lowest BCUT2D eigenvalue weighted by Gasteiger charge is -2.08. The molecule has 1 heterocycles. The van der Waals surface area contributed by atoms with Crippen molar-refractivity contribution in [3.05, 3.63) is 45.8 Å². The number of hydrogen-bond donors (Lipinski definition) is 1. The van der Waals surface area contributed by atoms with Crippen LogP contribution in [0.1, 0.15) is 0 Å². The number of aromatic nitrogens is 2. The Morgan fingerprint density at radius 3 is 2.56 bits per heavy atom. The third-order valence-corrected chi connectivity index (χ3v) is 2.87. The first-order valence-electron chi connectivity index (χ1n) is 5.27. The van der Waals surface area contributed by atoms with Crippen LogP contribution >= 0.6 is 11.6 Å². The SMILES string of the molecule is CNc1cnn(-c2ccc(OC)cc2)c(=O)c1Cl. The Kier molecular flexibility index (Phi) is 3.53. The van der Waals surface area contributed by atoms with E-state index in [0.717, 1.165) is 0 Å². The minimum atomic E-state index is -0.367. The van der Waals surface area contributed by atoms with E-state index in [2.05, 4.69) is 10.4 Å². The molecule has 0 atom stereocenters. The van der Waals surface area contributed by atoms with Crippen molar-refractivity contribution in [2.24, 2.45) is 0 Å². The van der Waals surface area contributed by atoms with E-state index in [0.29, 0.717) is 17.1 Å². The van der Waals surface area contributed by atoms with Gasteiger partial charge in [-0.05, 0) is 24.3 Å². The van der Waals surface area contributed by atoms with Crippen molar-refractivity contribution in [3.8, 4) is 11.4 Å². The molecule has 1 aromatic heterocycles. The summed E-state index contributed by atoms with van der Waals surface area (Å²) >= 11 is 5.95. The summed E-state index contributed by atoms with van der Waals surface area (Å²) in [6.45, 7) is 0. The summed E-state index contributed by atoms with van der Waals surface area (Å²) in [5.74, 6) is 0.713. The average molecular weight is 266 g/mol. The van der Waals surface area contributed by atoms with Gasteiger partial charge < -0.3 is 10.1 Å². The molecule has 1 N–H and O–H groups in total. The smallest absolute Gasteiger partial charge is 0.292 e. The van der Waals surface area contributed by atoms with E-state index in [1.807, 2.05) is 0 Å². The molecule has 0 fully saturated rings. The van der Waals surface area contributed by atoms with Gasteiger partial charge in [-0.3, -0.25) is 4.79 Å². The summed E-state index contributed by atoms with van der Waals surface area (Å²) in [6, 6.07) is 6.98. The molecule has 0 aliphatic heterocycles. The highest BCUT2D eigenvalue weighted by molar-refractivity contribution is 6.32. The zero-order valence-electron chi connectivity index (χ0n) is 9.98. The van der Waals surface area contributed by atoms with Crippen LogP contribution in [0.5, 0.6) is 5.75 Å². The predicted molar refractivity (Wildman–Crippen MR) is 70.9 cm³/mol. The van der Waals surface area contributed by atoms with Gasteiger partial charge in [-0.1, -0.05) is 11.6 Å². The van der Waals surface area contributed by atoms with Gasteiger partial charge >= 0.3 is 0 Å². The lowest BCUT2D eigenvalue weighted by Crippen LogP contribution is -2.22. The van der Waals surface area contributed by atoms with Crippen molar-refractivity contribution in [2.45, 2.75) is 0 Å². The summed E-state index contributed by atoms with van der Waals surface area (Å²) in [4.78, 5) is 12.0. The maximum absolute atomic E-state index is 12.0. The van der Waals surface area contributed by atoms with Crippen LogP contribution in [0.4, 0.5) is 5.69 Å². The first-order chi connectivity index (χ1) is 8.67. The number of hydrogen-bond acceptors (Lipinski definition) is 4. The molecule has 0 amide bonds. The van der Waals surface area contributed by atoms with Gasteiger partial charge in [0.2, 0.25) is 0 Å². The van der Waals surface area contributed by atoms with E-state index in [1.165, 1.54) is 10.9 Å². The van der Waals surface area contributed by atoms with Crippen LogP contribution in [0.3, 0.4) is 0 Å². The molecule has 2 aromatic rings. The van der Waals surface area contributed by atoms with E-state index in [1.54, 1.807) is 38.4 Å². The fourth-order valence-corrected chi connectivity index (χ4v) is 1.74. The van der Waals surface area contributed by atoms with Crippen LogP contribution < -0.4 is 15.6 Å². The second-order valence-corrected chi connectivity index (χ2v) is 3.92. The van der Waals surface area contributed by atoms with E-state index in [4.69, 9.17) is 16.3 Å². The summed E-state index contributed by atoms with van der Waals surface area (Å²) in [6.07, 6.45) is 1.51. The molecule has 18 heavy (non-hydrogen) atoms. The van der Waals surface area contributed by atoms with Crippen molar-refractivity contribution in [2.75, 3.05) is 19.5 Å². The van der Waals surface area contributed by atoms with Crippen LogP contribution in [-0.4, -0.2) is 23.9 Å². The highest BCUT2D eigenvalue weighted by Gasteiger charge is 2.09. The molecule has 0 bridgehead atoms. The Morgan fingerprint density at radius 2 is 2.00 bits per heavy atom. The van der Waals surface area contributed by atoms with Crippen molar-refractivity contribution in [1.82, 2.24) is 9.78 Å². The van der Waals surface area contributed by atoms with Gasteiger partial charge in [0.25, 0.3) is 5.56 Å². The highest BCUT2D eigenvalue weighted by Crippen LogP contribution is 2.17. The number of rotatable bonds is 3. The van der Waals surface area contributed by atoms with Crippen LogP contribution in [0.25, 0.3) is 5.69 Å². The fraction of sp³-hybridized carbons (Fsp3) is 0.167. The molecule has 1 aromatic carbocycles. The van der Waals surface area contributed by atoms with E-state index >= 15 is 0 Å². The summed E-state index contributed by atoms with van der Waals surface area (Å²) in [5, 5.41) is 6.97. The van der Waals surface area contributed by atoms with Gasteiger partial charge in [0, 0.05) is 7.05 Å². The van der Waals surface area contributed by atoms with Crippen molar-refractivity contribution in [1.29, 1.82) is 0 Å². The van der Waals surface area contributed by atoms with Gasteiger partial charge in [-0.15, -0.1) is 0 Å². The molecule has 0 saturated carbocycles. The molecule has 2 rings (SSSR count). The molecule has 0 saturated heterocycles. The fourth-order valence-electron chi connectivity index (χ4n) is 1.51.